The fourth-order valence-electron chi connectivity index (χ4n) is 4.57. The third kappa shape index (κ3) is 4.68. The Morgan fingerprint density at radius 3 is 2.67 bits per heavy atom. The van der Waals surface area contributed by atoms with Gasteiger partial charge in [0, 0.05) is 35.0 Å². The molecule has 1 fully saturated rings. The van der Waals surface area contributed by atoms with E-state index in [-0.39, 0.29) is 18.1 Å². The van der Waals surface area contributed by atoms with E-state index in [0.29, 0.717) is 24.5 Å². The normalized spacial score (nSPS) is 17.8. The number of hydrogen-bond donors (Lipinski definition) is 1. The van der Waals surface area contributed by atoms with Crippen LogP contribution in [0, 0.1) is 13.8 Å². The summed E-state index contributed by atoms with van der Waals surface area (Å²) in [6.07, 6.45) is 2.82. The molecule has 0 amide bonds. The maximum Gasteiger partial charge on any atom is 0.305 e. The number of nitrogens with zero attached hydrogens (tertiary/aromatic N) is 3. The fraction of sp³-hybridized carbons (Fsp3) is 0.320. The number of carbonyl (C=O) groups excluding carboxylic acids is 1. The Bertz CT molecular complexity index is 1160. The molecule has 2 aromatic heterocycles. The lowest BCUT2D eigenvalue weighted by Crippen LogP contribution is -2.31. The summed E-state index contributed by atoms with van der Waals surface area (Å²) in [5.74, 6) is -0.210. The third-order valence-electron chi connectivity index (χ3n) is 6.09. The van der Waals surface area contributed by atoms with Crippen molar-refractivity contribution in [3.63, 3.8) is 0 Å². The van der Waals surface area contributed by atoms with E-state index >= 15 is 0 Å². The first-order chi connectivity index (χ1) is 15.9. The van der Waals surface area contributed by atoms with Crippen molar-refractivity contribution in [1.29, 1.82) is 0 Å². The molecule has 3 heterocycles. The van der Waals surface area contributed by atoms with Crippen LogP contribution < -0.4 is 5.32 Å². The van der Waals surface area contributed by atoms with Gasteiger partial charge in [0.15, 0.2) is 5.11 Å². The zero-order valence-corrected chi connectivity index (χ0v) is 21.3. The number of aryl methyl sites for hydroxylation is 1. The number of thiocarbonyl (C=S) groups is 1. The van der Waals surface area contributed by atoms with E-state index in [0.717, 1.165) is 27.2 Å². The molecule has 1 N–H and O–H groups in total. The maximum atomic E-state index is 11.7. The second-order valence-electron chi connectivity index (χ2n) is 8.11. The topological polar surface area (TPSA) is 59.4 Å². The molecule has 1 aliphatic rings. The summed E-state index contributed by atoms with van der Waals surface area (Å²) in [5.41, 5.74) is 5.51. The van der Waals surface area contributed by atoms with Crippen molar-refractivity contribution in [3.8, 4) is 5.69 Å². The molecule has 0 spiro atoms. The van der Waals surface area contributed by atoms with E-state index in [9.17, 15) is 4.79 Å². The summed E-state index contributed by atoms with van der Waals surface area (Å²) in [6, 6.07) is 16.2. The number of pyridine rings is 1. The average Bonchev–Trinajstić information content (AvgIpc) is 3.30. The number of ether oxygens (including phenoxy) is 1. The molecule has 33 heavy (non-hydrogen) atoms. The van der Waals surface area contributed by atoms with Crippen molar-refractivity contribution in [2.24, 2.45) is 0 Å². The van der Waals surface area contributed by atoms with Gasteiger partial charge in [-0.3, -0.25) is 9.78 Å². The van der Waals surface area contributed by atoms with Gasteiger partial charge in [0.1, 0.15) is 0 Å². The highest BCUT2D eigenvalue weighted by Gasteiger charge is 2.41. The number of carbonyl (C=O) groups is 1. The Morgan fingerprint density at radius 1 is 1.21 bits per heavy atom. The zero-order valence-electron chi connectivity index (χ0n) is 18.9. The van der Waals surface area contributed by atoms with Crippen LogP contribution in [0.25, 0.3) is 5.69 Å². The standard InChI is InChI=1S/C25H27BrN4O2S/c1-16-15-18(17(2)30(16)21-11-5-4-9-19(21)26)24-23(20-10-6-7-13-27-20)28-25(33)29(24)14-8-12-22(31)32-3/h4-7,9-11,13,15,23-24H,8,12,14H2,1-3H3,(H,28,33)/t23-,24-/m1/s1. The molecule has 2 atom stereocenters. The van der Waals surface area contributed by atoms with Gasteiger partial charge >= 0.3 is 5.97 Å². The van der Waals surface area contributed by atoms with Crippen molar-refractivity contribution in [1.82, 2.24) is 19.8 Å². The van der Waals surface area contributed by atoms with E-state index < -0.39 is 0 Å². The van der Waals surface area contributed by atoms with Crippen LogP contribution in [0.15, 0.2) is 59.2 Å². The van der Waals surface area contributed by atoms with E-state index in [1.807, 2.05) is 30.3 Å². The monoisotopic (exact) mass is 526 g/mol. The van der Waals surface area contributed by atoms with E-state index in [1.54, 1.807) is 6.20 Å². The number of aromatic nitrogens is 2. The zero-order chi connectivity index (χ0) is 23.5. The number of hydrogen-bond acceptors (Lipinski definition) is 4. The first-order valence-electron chi connectivity index (χ1n) is 10.9. The predicted octanol–water partition coefficient (Wildman–Crippen LogP) is 5.18. The van der Waals surface area contributed by atoms with Crippen molar-refractivity contribution in [2.45, 2.75) is 38.8 Å². The predicted molar refractivity (Wildman–Crippen MR) is 136 cm³/mol. The number of esters is 1. The molecule has 4 rings (SSSR count). The van der Waals surface area contributed by atoms with Crippen LogP contribution in [0.4, 0.5) is 0 Å². The van der Waals surface area contributed by atoms with Crippen molar-refractivity contribution >= 4 is 39.2 Å². The van der Waals surface area contributed by atoms with E-state index in [4.69, 9.17) is 17.0 Å². The molecule has 1 aliphatic heterocycles. The Labute approximate surface area is 208 Å². The molecule has 0 aliphatic carbocycles. The Hall–Kier alpha value is -2.71. The average molecular weight is 527 g/mol. The lowest BCUT2D eigenvalue weighted by molar-refractivity contribution is -0.140. The number of para-hydroxylation sites is 1. The minimum absolute atomic E-state index is 0.0486. The molecule has 0 radical (unpaired) electrons. The van der Waals surface area contributed by atoms with E-state index in [2.05, 4.69) is 67.7 Å². The summed E-state index contributed by atoms with van der Waals surface area (Å²) < 4.78 is 8.12. The number of rotatable bonds is 7. The molecular weight excluding hydrogens is 500 g/mol. The number of benzene rings is 1. The molecule has 0 saturated carbocycles. The Kier molecular flexibility index (Phi) is 7.14. The maximum absolute atomic E-state index is 11.7. The summed E-state index contributed by atoms with van der Waals surface area (Å²) in [7, 11) is 1.42. The molecule has 8 heteroatoms. The van der Waals surface area contributed by atoms with Gasteiger partial charge in [0.2, 0.25) is 0 Å². The van der Waals surface area contributed by atoms with Gasteiger partial charge in [-0.15, -0.1) is 0 Å². The fourth-order valence-corrected chi connectivity index (χ4v) is 5.37. The van der Waals surface area contributed by atoms with Crippen molar-refractivity contribution in [3.05, 3.63) is 81.8 Å². The van der Waals surface area contributed by atoms with Gasteiger partial charge in [-0.2, -0.15) is 0 Å². The van der Waals surface area contributed by atoms with Crippen LogP contribution >= 0.6 is 28.1 Å². The third-order valence-corrected chi connectivity index (χ3v) is 7.11. The highest BCUT2D eigenvalue weighted by molar-refractivity contribution is 9.10. The minimum atomic E-state index is -0.210. The molecule has 6 nitrogen and oxygen atoms in total. The molecular formula is C25H27BrN4O2S. The van der Waals surface area contributed by atoms with Crippen LogP contribution in [0.3, 0.4) is 0 Å². The smallest absolute Gasteiger partial charge is 0.305 e. The van der Waals surface area contributed by atoms with Crippen LogP contribution in [0.2, 0.25) is 0 Å². The first-order valence-corrected chi connectivity index (χ1v) is 12.1. The van der Waals surface area contributed by atoms with Crippen LogP contribution in [-0.2, 0) is 9.53 Å². The highest BCUT2D eigenvalue weighted by atomic mass is 79.9. The van der Waals surface area contributed by atoms with Gasteiger partial charge in [-0.05, 0) is 84.3 Å². The SMILES string of the molecule is COC(=O)CCCN1C(=S)N[C@H](c2ccccn2)[C@H]1c1cc(C)n(-c2ccccc2Br)c1C. The molecule has 3 aromatic rings. The second-order valence-corrected chi connectivity index (χ2v) is 9.35. The molecule has 0 bridgehead atoms. The summed E-state index contributed by atoms with van der Waals surface area (Å²) in [6.45, 7) is 4.91. The molecule has 1 aromatic carbocycles. The lowest BCUT2D eigenvalue weighted by Gasteiger charge is -2.28. The minimum Gasteiger partial charge on any atom is -0.469 e. The lowest BCUT2D eigenvalue weighted by atomic mass is 9.96. The van der Waals surface area contributed by atoms with Gasteiger partial charge in [0.05, 0.1) is 30.6 Å². The summed E-state index contributed by atoms with van der Waals surface area (Å²) in [5, 5.41) is 4.16. The van der Waals surface area contributed by atoms with Gasteiger partial charge in [0.25, 0.3) is 0 Å². The van der Waals surface area contributed by atoms with Crippen LogP contribution in [0.1, 0.15) is 47.6 Å². The second kappa shape index (κ2) is 10.1. The van der Waals surface area contributed by atoms with Crippen LogP contribution in [0.5, 0.6) is 0 Å². The van der Waals surface area contributed by atoms with Gasteiger partial charge < -0.3 is 19.5 Å². The molecule has 1 saturated heterocycles. The Morgan fingerprint density at radius 2 is 1.97 bits per heavy atom. The van der Waals surface area contributed by atoms with Gasteiger partial charge in [-0.25, -0.2) is 0 Å². The van der Waals surface area contributed by atoms with Gasteiger partial charge in [-0.1, -0.05) is 18.2 Å². The van der Waals surface area contributed by atoms with Crippen molar-refractivity contribution in [2.75, 3.05) is 13.7 Å². The number of methoxy groups -OCH3 is 1. The van der Waals surface area contributed by atoms with Crippen molar-refractivity contribution < 1.29 is 9.53 Å². The number of halogens is 1. The molecule has 0 unspecified atom stereocenters. The molecule has 172 valence electrons. The largest absolute Gasteiger partial charge is 0.469 e. The van der Waals surface area contributed by atoms with E-state index in [1.165, 1.54) is 12.7 Å². The highest BCUT2D eigenvalue weighted by Crippen LogP contribution is 2.42. The number of nitrogens with one attached hydrogen (secondary N) is 1. The quantitative estimate of drug-likeness (QED) is 0.338. The first kappa shape index (κ1) is 23.4. The summed E-state index contributed by atoms with van der Waals surface area (Å²) in [4.78, 5) is 18.5. The Balaban J connectivity index is 1.76. The summed E-state index contributed by atoms with van der Waals surface area (Å²) >= 11 is 9.46. The van der Waals surface area contributed by atoms with Crippen LogP contribution in [-0.4, -0.2) is 39.2 Å².